The fraction of sp³-hybridized carbons (Fsp3) is 0.250. The molecule has 0 heterocycles. The number of hydrogen-bond donors (Lipinski definition) is 0. The van der Waals surface area contributed by atoms with Crippen LogP contribution in [0.3, 0.4) is 0 Å². The zero-order valence-corrected chi connectivity index (χ0v) is 5.76. The van der Waals surface area contributed by atoms with Crippen LogP contribution in [-0.2, 0) is 0 Å². The molecule has 0 aliphatic rings. The predicted octanol–water partition coefficient (Wildman–Crippen LogP) is 2.13. The van der Waals surface area contributed by atoms with Gasteiger partial charge in [-0.25, -0.2) is 8.78 Å². The van der Waals surface area contributed by atoms with Gasteiger partial charge in [0.25, 0.3) is 6.43 Å². The van der Waals surface area contributed by atoms with Gasteiger partial charge in [0.1, 0.15) is 12.4 Å². The highest BCUT2D eigenvalue weighted by Crippen LogP contribution is 2.08. The largest absolute Gasteiger partial charge is 0.488 e. The molecule has 0 aliphatic carbocycles. The quantitative estimate of drug-likeness (QED) is 0.653. The summed E-state index contributed by atoms with van der Waals surface area (Å²) in [5, 5.41) is 0. The molecule has 1 nitrogen and oxygen atoms in total. The smallest absolute Gasteiger partial charge is 0.272 e. The SMILES string of the molecule is FC(F)COc1cc[c]cc1. The number of halogens is 2. The summed E-state index contributed by atoms with van der Waals surface area (Å²) in [6.45, 7) is -0.552. The number of benzene rings is 1. The van der Waals surface area contributed by atoms with E-state index in [-0.39, 0.29) is 0 Å². The molecule has 0 atom stereocenters. The maximum Gasteiger partial charge on any atom is 0.272 e. The molecule has 0 saturated carbocycles. The molecule has 0 bridgehead atoms. The zero-order chi connectivity index (χ0) is 8.10. The predicted molar refractivity (Wildman–Crippen MR) is 36.8 cm³/mol. The molecule has 1 aromatic carbocycles. The highest BCUT2D eigenvalue weighted by molar-refractivity contribution is 5.20. The fourth-order valence-electron chi connectivity index (χ4n) is 0.627. The van der Waals surface area contributed by atoms with Gasteiger partial charge in [0.2, 0.25) is 0 Å². The Balaban J connectivity index is 2.39. The summed E-state index contributed by atoms with van der Waals surface area (Å²) in [6.07, 6.45) is -2.42. The van der Waals surface area contributed by atoms with Crippen molar-refractivity contribution in [2.75, 3.05) is 6.61 Å². The van der Waals surface area contributed by atoms with Crippen LogP contribution >= 0.6 is 0 Å². The van der Waals surface area contributed by atoms with E-state index in [0.717, 1.165) is 0 Å². The lowest BCUT2D eigenvalue weighted by atomic mass is 10.3. The molecular weight excluding hydrogens is 150 g/mol. The van der Waals surface area contributed by atoms with E-state index in [0.29, 0.717) is 5.75 Å². The maximum absolute atomic E-state index is 11.6. The summed E-state index contributed by atoms with van der Waals surface area (Å²) in [5.41, 5.74) is 0. The molecule has 0 spiro atoms. The average molecular weight is 157 g/mol. The minimum atomic E-state index is -2.42. The normalized spacial score (nSPS) is 10.1. The van der Waals surface area contributed by atoms with Crippen LogP contribution in [0.15, 0.2) is 24.3 Å². The van der Waals surface area contributed by atoms with Gasteiger partial charge < -0.3 is 4.74 Å². The lowest BCUT2D eigenvalue weighted by molar-refractivity contribution is 0.0819. The van der Waals surface area contributed by atoms with Crippen LogP contribution in [0.1, 0.15) is 0 Å². The topological polar surface area (TPSA) is 9.23 Å². The first kappa shape index (κ1) is 7.98. The van der Waals surface area contributed by atoms with Crippen LogP contribution in [0.5, 0.6) is 5.75 Å². The van der Waals surface area contributed by atoms with Crippen molar-refractivity contribution in [3.63, 3.8) is 0 Å². The van der Waals surface area contributed by atoms with Crippen LogP contribution in [0.2, 0.25) is 0 Å². The Morgan fingerprint density at radius 3 is 2.55 bits per heavy atom. The molecule has 0 aliphatic heterocycles. The second-order valence-electron chi connectivity index (χ2n) is 1.94. The van der Waals surface area contributed by atoms with E-state index >= 15 is 0 Å². The summed E-state index contributed by atoms with van der Waals surface area (Å²) in [6, 6.07) is 9.15. The second-order valence-corrected chi connectivity index (χ2v) is 1.94. The Kier molecular flexibility index (Phi) is 2.83. The molecule has 11 heavy (non-hydrogen) atoms. The summed E-state index contributed by atoms with van der Waals surface area (Å²) in [4.78, 5) is 0. The summed E-state index contributed by atoms with van der Waals surface area (Å²) >= 11 is 0. The molecule has 0 amide bonds. The van der Waals surface area contributed by atoms with Crippen molar-refractivity contribution < 1.29 is 13.5 Å². The Morgan fingerprint density at radius 2 is 2.00 bits per heavy atom. The highest BCUT2D eigenvalue weighted by Gasteiger charge is 2.01. The summed E-state index contributed by atoms with van der Waals surface area (Å²) in [7, 11) is 0. The molecule has 0 saturated heterocycles. The van der Waals surface area contributed by atoms with Gasteiger partial charge >= 0.3 is 0 Å². The third-order valence-corrected chi connectivity index (χ3v) is 1.06. The van der Waals surface area contributed by atoms with Crippen LogP contribution in [0, 0.1) is 6.07 Å². The van der Waals surface area contributed by atoms with Gasteiger partial charge in [0.15, 0.2) is 0 Å². The Labute approximate surface area is 63.6 Å². The molecular formula is C8H7F2O. The van der Waals surface area contributed by atoms with Gasteiger partial charge in [0, 0.05) is 0 Å². The number of alkyl halides is 2. The van der Waals surface area contributed by atoms with Crippen molar-refractivity contribution in [1.29, 1.82) is 0 Å². The van der Waals surface area contributed by atoms with E-state index in [1.54, 1.807) is 24.3 Å². The monoisotopic (exact) mass is 157 g/mol. The van der Waals surface area contributed by atoms with E-state index < -0.39 is 13.0 Å². The van der Waals surface area contributed by atoms with Crippen molar-refractivity contribution in [2.24, 2.45) is 0 Å². The second kappa shape index (κ2) is 3.91. The van der Waals surface area contributed by atoms with Crippen molar-refractivity contribution in [2.45, 2.75) is 6.43 Å². The minimum absolute atomic E-state index is 0.448. The first-order valence-corrected chi connectivity index (χ1v) is 3.16. The van der Waals surface area contributed by atoms with Gasteiger partial charge in [-0.05, 0) is 18.2 Å². The number of hydrogen-bond acceptors (Lipinski definition) is 1. The van der Waals surface area contributed by atoms with E-state index in [4.69, 9.17) is 4.74 Å². The standard InChI is InChI=1S/C8H7F2O/c9-8(10)6-11-7-4-2-1-3-5-7/h2-5,8H,6H2. The first-order chi connectivity index (χ1) is 5.29. The summed E-state index contributed by atoms with van der Waals surface area (Å²) in [5.74, 6) is 0.448. The van der Waals surface area contributed by atoms with Crippen molar-refractivity contribution in [3.8, 4) is 5.75 Å². The van der Waals surface area contributed by atoms with Crippen molar-refractivity contribution in [3.05, 3.63) is 30.3 Å². The van der Waals surface area contributed by atoms with E-state index in [2.05, 4.69) is 6.07 Å². The Bertz CT molecular complexity index is 199. The summed E-state index contributed by atoms with van der Waals surface area (Å²) < 4.78 is 27.9. The maximum atomic E-state index is 11.6. The third kappa shape index (κ3) is 2.98. The molecule has 0 aromatic heterocycles. The van der Waals surface area contributed by atoms with Crippen LogP contribution in [-0.4, -0.2) is 13.0 Å². The van der Waals surface area contributed by atoms with Gasteiger partial charge in [-0.15, -0.1) is 0 Å². The van der Waals surface area contributed by atoms with E-state index in [1.807, 2.05) is 0 Å². The van der Waals surface area contributed by atoms with Crippen molar-refractivity contribution in [1.82, 2.24) is 0 Å². The van der Waals surface area contributed by atoms with Crippen LogP contribution in [0.4, 0.5) is 8.78 Å². The zero-order valence-electron chi connectivity index (χ0n) is 5.76. The molecule has 1 radical (unpaired) electrons. The lowest BCUT2D eigenvalue weighted by Gasteiger charge is -2.03. The molecule has 1 rings (SSSR count). The first-order valence-electron chi connectivity index (χ1n) is 3.16. The van der Waals surface area contributed by atoms with E-state index in [9.17, 15) is 8.78 Å². The van der Waals surface area contributed by atoms with Gasteiger partial charge in [-0.2, -0.15) is 0 Å². The number of ether oxygens (including phenoxy) is 1. The van der Waals surface area contributed by atoms with Crippen LogP contribution < -0.4 is 4.74 Å². The molecule has 1 aromatic rings. The molecule has 0 unspecified atom stereocenters. The third-order valence-electron chi connectivity index (χ3n) is 1.06. The highest BCUT2D eigenvalue weighted by atomic mass is 19.3. The Hall–Kier alpha value is -1.12. The van der Waals surface area contributed by atoms with Crippen molar-refractivity contribution >= 4 is 0 Å². The average Bonchev–Trinajstić information content (AvgIpc) is 2.03. The molecule has 3 heteroatoms. The number of rotatable bonds is 3. The van der Waals surface area contributed by atoms with E-state index in [1.165, 1.54) is 0 Å². The molecule has 59 valence electrons. The fourth-order valence-corrected chi connectivity index (χ4v) is 0.627. The lowest BCUT2D eigenvalue weighted by Crippen LogP contribution is -2.06. The molecule has 0 N–H and O–H groups in total. The van der Waals surface area contributed by atoms with Crippen LogP contribution in [0.25, 0.3) is 0 Å². The van der Waals surface area contributed by atoms with Gasteiger partial charge in [0.05, 0.1) is 0 Å². The molecule has 0 fully saturated rings. The Morgan fingerprint density at radius 1 is 1.36 bits per heavy atom. The van der Waals surface area contributed by atoms with Gasteiger partial charge in [-0.1, -0.05) is 12.1 Å². The minimum Gasteiger partial charge on any atom is -0.488 e. The van der Waals surface area contributed by atoms with Gasteiger partial charge in [-0.3, -0.25) is 0 Å².